The highest BCUT2D eigenvalue weighted by Crippen LogP contribution is 2.24. The summed E-state index contributed by atoms with van der Waals surface area (Å²) >= 11 is 0. The third-order valence-electron chi connectivity index (χ3n) is 4.57. The van der Waals surface area contributed by atoms with E-state index in [1.165, 1.54) is 4.31 Å². The van der Waals surface area contributed by atoms with E-state index in [0.717, 1.165) is 31.6 Å². The van der Waals surface area contributed by atoms with Crippen molar-refractivity contribution >= 4 is 21.6 Å². The van der Waals surface area contributed by atoms with E-state index in [1.54, 1.807) is 29.2 Å². The standard InChI is InChI=1S/C16H23N3O3S/c1-17-10-12-18(13-11-17)23(21,22)15-7-5-14(6-8-15)19-9-3-2-4-16(19)20/h5-8H,2-4,9-13H2,1H3. The molecule has 0 saturated carbocycles. The predicted molar refractivity (Wildman–Crippen MR) is 88.9 cm³/mol. The van der Waals surface area contributed by atoms with Crippen molar-refractivity contribution in [3.63, 3.8) is 0 Å². The quantitative estimate of drug-likeness (QED) is 0.830. The molecule has 126 valence electrons. The van der Waals surface area contributed by atoms with Gasteiger partial charge in [0.05, 0.1) is 4.90 Å². The van der Waals surface area contributed by atoms with Gasteiger partial charge in [0.1, 0.15) is 0 Å². The summed E-state index contributed by atoms with van der Waals surface area (Å²) in [6.45, 7) is 3.25. The summed E-state index contributed by atoms with van der Waals surface area (Å²) in [5.41, 5.74) is 0.784. The number of anilines is 1. The smallest absolute Gasteiger partial charge is 0.243 e. The van der Waals surface area contributed by atoms with Crippen molar-refractivity contribution in [2.24, 2.45) is 0 Å². The van der Waals surface area contributed by atoms with Gasteiger partial charge in [-0.25, -0.2) is 8.42 Å². The Balaban J connectivity index is 1.77. The van der Waals surface area contributed by atoms with Crippen LogP contribution in [0.5, 0.6) is 0 Å². The minimum Gasteiger partial charge on any atom is -0.312 e. The lowest BCUT2D eigenvalue weighted by molar-refractivity contribution is -0.119. The van der Waals surface area contributed by atoms with Crippen LogP contribution in [0.3, 0.4) is 0 Å². The maximum atomic E-state index is 12.7. The minimum atomic E-state index is -3.44. The molecule has 2 aliphatic heterocycles. The van der Waals surface area contributed by atoms with E-state index in [0.29, 0.717) is 31.0 Å². The third kappa shape index (κ3) is 3.41. The van der Waals surface area contributed by atoms with Crippen molar-refractivity contribution in [3.05, 3.63) is 24.3 Å². The molecule has 1 aromatic rings. The molecule has 6 nitrogen and oxygen atoms in total. The van der Waals surface area contributed by atoms with Crippen molar-refractivity contribution in [2.75, 3.05) is 44.7 Å². The number of likely N-dealkylation sites (N-methyl/N-ethyl adjacent to an activating group) is 1. The van der Waals surface area contributed by atoms with E-state index in [9.17, 15) is 13.2 Å². The van der Waals surface area contributed by atoms with Crippen molar-refractivity contribution in [3.8, 4) is 0 Å². The van der Waals surface area contributed by atoms with Gasteiger partial charge in [0, 0.05) is 44.8 Å². The Labute approximate surface area is 137 Å². The molecular formula is C16H23N3O3S. The van der Waals surface area contributed by atoms with E-state index in [-0.39, 0.29) is 5.91 Å². The van der Waals surface area contributed by atoms with Gasteiger partial charge in [-0.05, 0) is 44.2 Å². The number of hydrogen-bond acceptors (Lipinski definition) is 4. The van der Waals surface area contributed by atoms with E-state index in [1.807, 2.05) is 7.05 Å². The van der Waals surface area contributed by atoms with Crippen molar-refractivity contribution in [1.29, 1.82) is 0 Å². The Morgan fingerprint density at radius 2 is 1.57 bits per heavy atom. The van der Waals surface area contributed by atoms with Gasteiger partial charge in [-0.2, -0.15) is 4.31 Å². The van der Waals surface area contributed by atoms with Crippen LogP contribution in [0.1, 0.15) is 19.3 Å². The van der Waals surface area contributed by atoms with Gasteiger partial charge in [0.2, 0.25) is 15.9 Å². The van der Waals surface area contributed by atoms with Crippen LogP contribution in [-0.2, 0) is 14.8 Å². The topological polar surface area (TPSA) is 60.9 Å². The van der Waals surface area contributed by atoms with E-state index in [4.69, 9.17) is 0 Å². The number of amides is 1. The Bertz CT molecular complexity index is 664. The molecule has 2 aliphatic rings. The summed E-state index contributed by atoms with van der Waals surface area (Å²) in [4.78, 5) is 16.1. The molecule has 0 unspecified atom stereocenters. The Morgan fingerprint density at radius 1 is 0.913 bits per heavy atom. The zero-order chi connectivity index (χ0) is 16.4. The molecule has 2 fully saturated rings. The molecule has 1 aromatic carbocycles. The summed E-state index contributed by atoms with van der Waals surface area (Å²) in [5, 5.41) is 0. The first-order valence-corrected chi connectivity index (χ1v) is 9.51. The highest BCUT2D eigenvalue weighted by Gasteiger charge is 2.28. The van der Waals surface area contributed by atoms with E-state index < -0.39 is 10.0 Å². The van der Waals surface area contributed by atoms with Crippen LogP contribution in [0.15, 0.2) is 29.2 Å². The van der Waals surface area contributed by atoms with Crippen LogP contribution in [0.25, 0.3) is 0 Å². The fraction of sp³-hybridized carbons (Fsp3) is 0.562. The number of benzene rings is 1. The summed E-state index contributed by atoms with van der Waals surface area (Å²) in [6, 6.07) is 6.72. The normalized spacial score (nSPS) is 21.6. The molecule has 7 heteroatoms. The largest absolute Gasteiger partial charge is 0.312 e. The fourth-order valence-electron chi connectivity index (χ4n) is 3.05. The van der Waals surface area contributed by atoms with Crippen LogP contribution in [-0.4, -0.2) is 63.3 Å². The first kappa shape index (κ1) is 16.4. The molecule has 0 radical (unpaired) electrons. The average Bonchev–Trinajstić information content (AvgIpc) is 2.56. The molecule has 2 saturated heterocycles. The molecule has 1 amide bonds. The van der Waals surface area contributed by atoms with Gasteiger partial charge < -0.3 is 9.80 Å². The Kier molecular flexibility index (Phi) is 4.70. The van der Waals surface area contributed by atoms with Gasteiger partial charge in [0.25, 0.3) is 0 Å². The molecule has 2 heterocycles. The predicted octanol–water partition coefficient (Wildman–Crippen LogP) is 1.14. The minimum absolute atomic E-state index is 0.117. The summed E-state index contributed by atoms with van der Waals surface area (Å²) in [6.07, 6.45) is 2.50. The number of carbonyl (C=O) groups is 1. The van der Waals surface area contributed by atoms with Crippen LogP contribution in [0.4, 0.5) is 5.69 Å². The molecule has 3 rings (SSSR count). The maximum absolute atomic E-state index is 12.7. The van der Waals surface area contributed by atoms with Gasteiger partial charge in [-0.3, -0.25) is 4.79 Å². The molecule has 0 bridgehead atoms. The van der Waals surface area contributed by atoms with Crippen molar-refractivity contribution < 1.29 is 13.2 Å². The SMILES string of the molecule is CN1CCN(S(=O)(=O)c2ccc(N3CCCCC3=O)cc2)CC1. The number of nitrogens with zero attached hydrogens (tertiary/aromatic N) is 3. The van der Waals surface area contributed by atoms with Crippen LogP contribution < -0.4 is 4.90 Å². The second-order valence-electron chi connectivity index (χ2n) is 6.20. The highest BCUT2D eigenvalue weighted by molar-refractivity contribution is 7.89. The monoisotopic (exact) mass is 337 g/mol. The van der Waals surface area contributed by atoms with E-state index >= 15 is 0 Å². The maximum Gasteiger partial charge on any atom is 0.243 e. The first-order chi connectivity index (χ1) is 11.0. The first-order valence-electron chi connectivity index (χ1n) is 8.07. The summed E-state index contributed by atoms with van der Waals surface area (Å²) in [5.74, 6) is 0.117. The molecule has 23 heavy (non-hydrogen) atoms. The van der Waals surface area contributed by atoms with Crippen LogP contribution in [0.2, 0.25) is 0 Å². The number of carbonyl (C=O) groups excluding carboxylic acids is 1. The lowest BCUT2D eigenvalue weighted by atomic mass is 10.1. The fourth-order valence-corrected chi connectivity index (χ4v) is 4.48. The zero-order valence-corrected chi connectivity index (χ0v) is 14.3. The van der Waals surface area contributed by atoms with E-state index in [2.05, 4.69) is 4.90 Å². The molecule has 0 spiro atoms. The summed E-state index contributed by atoms with van der Waals surface area (Å²) in [7, 11) is -1.45. The molecule has 0 aromatic heterocycles. The van der Waals surface area contributed by atoms with Crippen LogP contribution in [0, 0.1) is 0 Å². The molecular weight excluding hydrogens is 314 g/mol. The van der Waals surface area contributed by atoms with Crippen molar-refractivity contribution in [2.45, 2.75) is 24.2 Å². The van der Waals surface area contributed by atoms with Gasteiger partial charge >= 0.3 is 0 Å². The van der Waals surface area contributed by atoms with Gasteiger partial charge in [0.15, 0.2) is 0 Å². The Hall–Kier alpha value is -1.44. The second-order valence-corrected chi connectivity index (χ2v) is 8.14. The zero-order valence-electron chi connectivity index (χ0n) is 13.4. The number of sulfonamides is 1. The second kappa shape index (κ2) is 6.59. The number of piperazine rings is 1. The third-order valence-corrected chi connectivity index (χ3v) is 6.48. The molecule has 0 atom stereocenters. The molecule has 0 aliphatic carbocycles. The number of piperidine rings is 1. The highest BCUT2D eigenvalue weighted by atomic mass is 32.2. The van der Waals surface area contributed by atoms with Gasteiger partial charge in [-0.1, -0.05) is 0 Å². The number of rotatable bonds is 3. The van der Waals surface area contributed by atoms with Gasteiger partial charge in [-0.15, -0.1) is 0 Å². The average molecular weight is 337 g/mol. The summed E-state index contributed by atoms with van der Waals surface area (Å²) < 4.78 is 26.9. The lowest BCUT2D eigenvalue weighted by Gasteiger charge is -2.31. The molecule has 0 N–H and O–H groups in total. The van der Waals surface area contributed by atoms with Crippen molar-refractivity contribution in [1.82, 2.24) is 9.21 Å². The Morgan fingerprint density at radius 3 is 2.17 bits per heavy atom. The van der Waals surface area contributed by atoms with Crippen LogP contribution >= 0.6 is 0 Å². The number of hydrogen-bond donors (Lipinski definition) is 0. The lowest BCUT2D eigenvalue weighted by Crippen LogP contribution is -2.47.